The zero-order valence-electron chi connectivity index (χ0n) is 17.3. The van der Waals surface area contributed by atoms with E-state index in [9.17, 15) is 9.18 Å². The molecular formula is C23H24FN5OS. The van der Waals surface area contributed by atoms with Crippen LogP contribution in [0.15, 0.2) is 41.5 Å². The van der Waals surface area contributed by atoms with Gasteiger partial charge >= 0.3 is 0 Å². The summed E-state index contributed by atoms with van der Waals surface area (Å²) in [7, 11) is 0. The molecule has 6 nitrogen and oxygen atoms in total. The standard InChI is InChI=1S/C23H24FN5OS/c1-22(14-23(31-21(26)29-22)9-3-2-4-10-23)17-11-16(6-7-18(17)24)28-20(30)19-8-5-15(12-25)13-27-19/h5-8,11,13H,2-4,9-10,14H2,1H3,(H2,26,29)(H,28,30). The Morgan fingerprint density at radius 3 is 2.71 bits per heavy atom. The summed E-state index contributed by atoms with van der Waals surface area (Å²) in [6, 6.07) is 9.48. The zero-order valence-corrected chi connectivity index (χ0v) is 18.1. The van der Waals surface area contributed by atoms with Gasteiger partial charge < -0.3 is 11.1 Å². The number of halogens is 1. The summed E-state index contributed by atoms with van der Waals surface area (Å²) in [5, 5.41) is 12.1. The molecule has 1 spiro atoms. The number of benzene rings is 1. The summed E-state index contributed by atoms with van der Waals surface area (Å²) in [6.07, 6.45) is 7.65. The largest absolute Gasteiger partial charge is 0.378 e. The number of thioether (sulfide) groups is 1. The highest BCUT2D eigenvalue weighted by Crippen LogP contribution is 2.52. The lowest BCUT2D eigenvalue weighted by atomic mass is 9.76. The molecule has 4 rings (SSSR count). The van der Waals surface area contributed by atoms with Crippen LogP contribution in [-0.4, -0.2) is 20.8 Å². The molecule has 1 amide bonds. The molecule has 3 N–H and O–H groups in total. The Morgan fingerprint density at radius 2 is 2.03 bits per heavy atom. The number of carbonyl (C=O) groups is 1. The van der Waals surface area contributed by atoms with Gasteiger partial charge in [0.15, 0.2) is 5.17 Å². The first kappa shape index (κ1) is 21.3. The fourth-order valence-electron chi connectivity index (χ4n) is 4.63. The van der Waals surface area contributed by atoms with Gasteiger partial charge in [0, 0.05) is 22.2 Å². The number of amidine groups is 1. The van der Waals surface area contributed by atoms with Crippen LogP contribution in [-0.2, 0) is 5.54 Å². The molecule has 1 aromatic heterocycles. The number of aromatic nitrogens is 1. The van der Waals surface area contributed by atoms with E-state index < -0.39 is 11.4 Å². The average molecular weight is 438 g/mol. The molecule has 2 heterocycles. The minimum absolute atomic E-state index is 0.0169. The summed E-state index contributed by atoms with van der Waals surface area (Å²) in [5.74, 6) is -0.801. The van der Waals surface area contributed by atoms with Gasteiger partial charge in [-0.2, -0.15) is 5.26 Å². The highest BCUT2D eigenvalue weighted by atomic mass is 32.2. The van der Waals surface area contributed by atoms with Gasteiger partial charge in [-0.1, -0.05) is 31.0 Å². The predicted octanol–water partition coefficient (Wildman–Crippen LogP) is 4.71. The first-order valence-electron chi connectivity index (χ1n) is 10.3. The molecule has 1 fully saturated rings. The average Bonchev–Trinajstić information content (AvgIpc) is 2.74. The number of anilines is 1. The van der Waals surface area contributed by atoms with E-state index >= 15 is 0 Å². The number of aliphatic imine (C=N–C) groups is 1. The predicted molar refractivity (Wildman–Crippen MR) is 120 cm³/mol. The van der Waals surface area contributed by atoms with Crippen LogP contribution in [0.1, 0.15) is 67.1 Å². The monoisotopic (exact) mass is 437 g/mol. The number of nitrogens with one attached hydrogen (secondary N) is 1. The van der Waals surface area contributed by atoms with Crippen LogP contribution in [0, 0.1) is 17.1 Å². The van der Waals surface area contributed by atoms with Gasteiger partial charge in [-0.15, -0.1) is 0 Å². The molecule has 31 heavy (non-hydrogen) atoms. The number of nitrogens with zero attached hydrogens (tertiary/aromatic N) is 3. The van der Waals surface area contributed by atoms with Crippen LogP contribution in [0.25, 0.3) is 0 Å². The van der Waals surface area contributed by atoms with Crippen LogP contribution in [0.4, 0.5) is 10.1 Å². The second-order valence-electron chi connectivity index (χ2n) is 8.44. The van der Waals surface area contributed by atoms with Crippen molar-refractivity contribution in [3.05, 3.63) is 59.2 Å². The molecule has 2 aromatic rings. The lowest BCUT2D eigenvalue weighted by Gasteiger charge is -2.45. The molecule has 1 atom stereocenters. The van der Waals surface area contributed by atoms with Crippen molar-refractivity contribution in [2.75, 3.05) is 5.32 Å². The number of pyridine rings is 1. The molecule has 0 radical (unpaired) electrons. The molecule has 1 aliphatic carbocycles. The van der Waals surface area contributed by atoms with Crippen LogP contribution in [0.2, 0.25) is 0 Å². The summed E-state index contributed by atoms with van der Waals surface area (Å²) in [4.78, 5) is 21.2. The lowest BCUT2D eigenvalue weighted by molar-refractivity contribution is 0.102. The van der Waals surface area contributed by atoms with Crippen molar-refractivity contribution in [2.45, 2.75) is 55.7 Å². The van der Waals surface area contributed by atoms with Crippen molar-refractivity contribution in [1.29, 1.82) is 5.26 Å². The molecular weight excluding hydrogens is 413 g/mol. The number of carbonyl (C=O) groups excluding carboxylic acids is 1. The number of hydrogen-bond donors (Lipinski definition) is 2. The van der Waals surface area contributed by atoms with Gasteiger partial charge in [0.1, 0.15) is 17.6 Å². The van der Waals surface area contributed by atoms with Crippen molar-refractivity contribution in [1.82, 2.24) is 4.98 Å². The third kappa shape index (κ3) is 4.42. The third-order valence-electron chi connectivity index (χ3n) is 6.04. The highest BCUT2D eigenvalue weighted by Gasteiger charge is 2.46. The van der Waals surface area contributed by atoms with E-state index in [2.05, 4.69) is 15.3 Å². The van der Waals surface area contributed by atoms with Gasteiger partial charge in [-0.3, -0.25) is 9.79 Å². The van der Waals surface area contributed by atoms with Gasteiger partial charge in [-0.25, -0.2) is 9.37 Å². The highest BCUT2D eigenvalue weighted by molar-refractivity contribution is 8.15. The Labute approximate surface area is 185 Å². The lowest BCUT2D eigenvalue weighted by Crippen LogP contribution is -2.43. The van der Waals surface area contributed by atoms with Crippen molar-refractivity contribution in [3.63, 3.8) is 0 Å². The van der Waals surface area contributed by atoms with Crippen molar-refractivity contribution in [2.24, 2.45) is 10.7 Å². The van der Waals surface area contributed by atoms with Gasteiger partial charge in [0.2, 0.25) is 0 Å². The minimum atomic E-state index is -0.801. The Kier molecular flexibility index (Phi) is 5.71. The number of nitrogens with two attached hydrogens (primary N) is 1. The minimum Gasteiger partial charge on any atom is -0.378 e. The van der Waals surface area contributed by atoms with Crippen molar-refractivity contribution >= 4 is 28.5 Å². The van der Waals surface area contributed by atoms with Crippen LogP contribution < -0.4 is 11.1 Å². The van der Waals surface area contributed by atoms with Crippen LogP contribution >= 0.6 is 11.8 Å². The van der Waals surface area contributed by atoms with Gasteiger partial charge in [0.25, 0.3) is 5.91 Å². The quantitative estimate of drug-likeness (QED) is 0.723. The first-order chi connectivity index (χ1) is 14.8. The second kappa shape index (κ2) is 8.31. The maximum Gasteiger partial charge on any atom is 0.274 e. The molecule has 2 aliphatic rings. The summed E-state index contributed by atoms with van der Waals surface area (Å²) in [6.45, 7) is 1.92. The maximum absolute atomic E-state index is 15.0. The van der Waals surface area contributed by atoms with E-state index in [-0.39, 0.29) is 16.3 Å². The molecule has 1 unspecified atom stereocenters. The summed E-state index contributed by atoms with van der Waals surface area (Å²) < 4.78 is 14.9. The topological polar surface area (TPSA) is 104 Å². The summed E-state index contributed by atoms with van der Waals surface area (Å²) >= 11 is 1.63. The normalized spacial score (nSPS) is 22.4. The van der Waals surface area contributed by atoms with Crippen LogP contribution in [0.3, 0.4) is 0 Å². The van der Waals surface area contributed by atoms with E-state index in [1.54, 1.807) is 17.8 Å². The smallest absolute Gasteiger partial charge is 0.274 e. The second-order valence-corrected chi connectivity index (χ2v) is 9.93. The Hall–Kier alpha value is -2.92. The number of nitriles is 1. The molecule has 1 aliphatic heterocycles. The van der Waals surface area contributed by atoms with E-state index in [1.807, 2.05) is 13.0 Å². The molecule has 0 bridgehead atoms. The van der Waals surface area contributed by atoms with Crippen molar-refractivity contribution < 1.29 is 9.18 Å². The number of amides is 1. The third-order valence-corrected chi connectivity index (χ3v) is 7.32. The van der Waals surface area contributed by atoms with Crippen molar-refractivity contribution in [3.8, 4) is 6.07 Å². The van der Waals surface area contributed by atoms with Crippen LogP contribution in [0.5, 0.6) is 0 Å². The summed E-state index contributed by atoms with van der Waals surface area (Å²) in [5.41, 5.74) is 6.84. The molecule has 1 aromatic carbocycles. The van der Waals surface area contributed by atoms with Gasteiger partial charge in [0.05, 0.1) is 11.1 Å². The SMILES string of the molecule is CC1(c2cc(NC(=O)c3ccc(C#N)cn3)ccc2F)CC2(CCCCC2)SC(N)=N1. The molecule has 1 saturated carbocycles. The first-order valence-corrected chi connectivity index (χ1v) is 11.2. The van der Waals surface area contributed by atoms with E-state index in [4.69, 9.17) is 11.0 Å². The molecule has 0 saturated heterocycles. The van der Waals surface area contributed by atoms with Gasteiger partial charge in [-0.05, 0) is 56.5 Å². The van der Waals surface area contributed by atoms with E-state index in [1.165, 1.54) is 36.9 Å². The van der Waals surface area contributed by atoms with E-state index in [0.29, 0.717) is 28.4 Å². The zero-order chi connectivity index (χ0) is 22.1. The fraction of sp³-hybridized carbons (Fsp3) is 0.391. The maximum atomic E-state index is 15.0. The van der Waals surface area contributed by atoms with E-state index in [0.717, 1.165) is 25.7 Å². The Balaban J connectivity index is 1.61. The number of rotatable bonds is 3. The molecule has 8 heteroatoms. The Morgan fingerprint density at radius 1 is 1.26 bits per heavy atom. The fourth-order valence-corrected chi connectivity index (χ4v) is 6.16. The molecule has 160 valence electrons. The Bertz CT molecular complexity index is 1070. The number of hydrogen-bond acceptors (Lipinski definition) is 6.